The number of hydrogen-bond donors (Lipinski definition) is 0. The largest absolute Gasteiger partial charge is 0.467 e. The molecule has 1 fully saturated rings. The van der Waals surface area contributed by atoms with Crippen LogP contribution in [-0.2, 0) is 20.7 Å². The van der Waals surface area contributed by atoms with E-state index < -0.39 is 5.60 Å². The highest BCUT2D eigenvalue weighted by atomic mass is 16.6. The van der Waals surface area contributed by atoms with E-state index in [0.717, 1.165) is 36.2 Å². The molecule has 5 heteroatoms. The van der Waals surface area contributed by atoms with Crippen molar-refractivity contribution in [3.8, 4) is 0 Å². The summed E-state index contributed by atoms with van der Waals surface area (Å²) in [6.45, 7) is 3.92. The molecule has 2 aliphatic heterocycles. The first-order valence-corrected chi connectivity index (χ1v) is 6.66. The summed E-state index contributed by atoms with van der Waals surface area (Å²) in [6.07, 6.45) is 2.97. The minimum absolute atomic E-state index is 0.0502. The summed E-state index contributed by atoms with van der Waals surface area (Å²) in [5.74, 6) is -0.251. The Kier molecular flexibility index (Phi) is 2.82. The fourth-order valence-electron chi connectivity index (χ4n) is 3.33. The van der Waals surface area contributed by atoms with Gasteiger partial charge in [-0.15, -0.1) is 0 Å². The average molecular weight is 262 g/mol. The SMILES string of the molecule is COC(=O)[C@]12CCc3c(C)nnc(C)c3C(CC1)O2. The second kappa shape index (κ2) is 4.27. The third kappa shape index (κ3) is 1.75. The molecule has 0 aromatic carbocycles. The van der Waals surface area contributed by atoms with E-state index in [4.69, 9.17) is 9.47 Å². The van der Waals surface area contributed by atoms with Gasteiger partial charge >= 0.3 is 5.97 Å². The van der Waals surface area contributed by atoms with E-state index in [9.17, 15) is 4.79 Å². The fraction of sp³-hybridized carbons (Fsp3) is 0.643. The number of hydrogen-bond acceptors (Lipinski definition) is 5. The number of aromatic nitrogens is 2. The highest BCUT2D eigenvalue weighted by Crippen LogP contribution is 2.47. The molecule has 1 unspecified atom stereocenters. The average Bonchev–Trinajstić information content (AvgIpc) is 2.74. The predicted molar refractivity (Wildman–Crippen MR) is 67.6 cm³/mol. The number of fused-ring (bicyclic) bond motifs is 4. The Labute approximate surface area is 112 Å². The van der Waals surface area contributed by atoms with Gasteiger partial charge < -0.3 is 9.47 Å². The van der Waals surface area contributed by atoms with Crippen LogP contribution in [0.1, 0.15) is 47.9 Å². The Bertz CT molecular complexity index is 544. The molecule has 3 heterocycles. The summed E-state index contributed by atoms with van der Waals surface area (Å²) in [5.41, 5.74) is 3.42. The number of rotatable bonds is 1. The van der Waals surface area contributed by atoms with E-state index in [1.807, 2.05) is 13.8 Å². The van der Waals surface area contributed by atoms with Crippen LogP contribution in [0.4, 0.5) is 0 Å². The summed E-state index contributed by atoms with van der Waals surface area (Å²) in [6, 6.07) is 0. The Hall–Kier alpha value is -1.49. The maximum absolute atomic E-state index is 12.0. The molecule has 1 saturated heterocycles. The molecular weight excluding hydrogens is 244 g/mol. The lowest BCUT2D eigenvalue weighted by atomic mass is 9.86. The fourth-order valence-corrected chi connectivity index (χ4v) is 3.33. The van der Waals surface area contributed by atoms with Gasteiger partial charge in [0.1, 0.15) is 0 Å². The van der Waals surface area contributed by atoms with Crippen molar-refractivity contribution < 1.29 is 14.3 Å². The van der Waals surface area contributed by atoms with E-state index in [0.29, 0.717) is 6.42 Å². The molecule has 2 atom stereocenters. The summed E-state index contributed by atoms with van der Waals surface area (Å²) >= 11 is 0. The van der Waals surface area contributed by atoms with Crippen molar-refractivity contribution in [3.05, 3.63) is 22.5 Å². The number of ether oxygens (including phenoxy) is 2. The first-order chi connectivity index (χ1) is 9.07. The van der Waals surface area contributed by atoms with Crippen molar-refractivity contribution in [1.29, 1.82) is 0 Å². The highest BCUT2D eigenvalue weighted by molar-refractivity contribution is 5.80. The number of carbonyl (C=O) groups is 1. The van der Waals surface area contributed by atoms with Crippen molar-refractivity contribution in [2.75, 3.05) is 7.11 Å². The third-order valence-electron chi connectivity index (χ3n) is 4.34. The van der Waals surface area contributed by atoms with Crippen molar-refractivity contribution in [1.82, 2.24) is 10.2 Å². The van der Waals surface area contributed by atoms with Crippen LogP contribution in [0.3, 0.4) is 0 Å². The van der Waals surface area contributed by atoms with Gasteiger partial charge in [-0.25, -0.2) is 4.79 Å². The predicted octanol–water partition coefficient (Wildman–Crippen LogP) is 1.80. The van der Waals surface area contributed by atoms with Gasteiger partial charge in [0, 0.05) is 5.56 Å². The zero-order valence-electron chi connectivity index (χ0n) is 11.5. The van der Waals surface area contributed by atoms with Crippen molar-refractivity contribution in [2.24, 2.45) is 0 Å². The molecule has 19 heavy (non-hydrogen) atoms. The van der Waals surface area contributed by atoms with Crippen LogP contribution in [0.15, 0.2) is 0 Å². The maximum atomic E-state index is 12.0. The number of esters is 1. The molecule has 1 aromatic rings. The second-order valence-corrected chi connectivity index (χ2v) is 5.39. The monoisotopic (exact) mass is 262 g/mol. The molecule has 2 aliphatic rings. The van der Waals surface area contributed by atoms with Crippen LogP contribution >= 0.6 is 0 Å². The Morgan fingerprint density at radius 3 is 2.79 bits per heavy atom. The third-order valence-corrected chi connectivity index (χ3v) is 4.34. The molecule has 102 valence electrons. The number of nitrogens with zero attached hydrogens (tertiary/aromatic N) is 2. The second-order valence-electron chi connectivity index (χ2n) is 5.39. The Balaban J connectivity index is 2.07. The molecular formula is C14H18N2O3. The molecule has 1 aromatic heterocycles. The van der Waals surface area contributed by atoms with Crippen LogP contribution in [0.5, 0.6) is 0 Å². The van der Waals surface area contributed by atoms with Gasteiger partial charge in [0.05, 0.1) is 24.6 Å². The van der Waals surface area contributed by atoms with E-state index in [-0.39, 0.29) is 12.1 Å². The smallest absolute Gasteiger partial charge is 0.338 e. The van der Waals surface area contributed by atoms with Crippen LogP contribution < -0.4 is 0 Å². The summed E-state index contributed by atoms with van der Waals surface area (Å²) in [4.78, 5) is 12.0. The molecule has 0 aliphatic carbocycles. The van der Waals surface area contributed by atoms with Crippen molar-refractivity contribution in [2.45, 2.75) is 51.2 Å². The molecule has 3 rings (SSSR count). The van der Waals surface area contributed by atoms with Gasteiger partial charge in [-0.05, 0) is 45.1 Å². The van der Waals surface area contributed by atoms with Gasteiger partial charge in [-0.3, -0.25) is 0 Å². The van der Waals surface area contributed by atoms with E-state index in [2.05, 4.69) is 10.2 Å². The first-order valence-electron chi connectivity index (χ1n) is 6.66. The normalized spacial score (nSPS) is 28.7. The summed E-state index contributed by atoms with van der Waals surface area (Å²) < 4.78 is 11.0. The zero-order chi connectivity index (χ0) is 13.6. The maximum Gasteiger partial charge on any atom is 0.338 e. The lowest BCUT2D eigenvalue weighted by Crippen LogP contribution is -2.39. The van der Waals surface area contributed by atoms with Crippen LogP contribution in [0.25, 0.3) is 0 Å². The molecule has 2 bridgehead atoms. The zero-order valence-corrected chi connectivity index (χ0v) is 11.5. The number of methoxy groups -OCH3 is 1. The molecule has 0 amide bonds. The molecule has 0 spiro atoms. The molecule has 0 radical (unpaired) electrons. The number of aryl methyl sites for hydroxylation is 2. The van der Waals surface area contributed by atoms with Crippen molar-refractivity contribution in [3.63, 3.8) is 0 Å². The lowest BCUT2D eigenvalue weighted by molar-refractivity contribution is -0.168. The highest BCUT2D eigenvalue weighted by Gasteiger charge is 2.50. The van der Waals surface area contributed by atoms with E-state index in [1.165, 1.54) is 12.7 Å². The lowest BCUT2D eigenvalue weighted by Gasteiger charge is -2.24. The van der Waals surface area contributed by atoms with Crippen LogP contribution in [0.2, 0.25) is 0 Å². The van der Waals surface area contributed by atoms with Gasteiger partial charge in [-0.1, -0.05) is 0 Å². The quantitative estimate of drug-likeness (QED) is 0.722. The van der Waals surface area contributed by atoms with Gasteiger partial charge in [-0.2, -0.15) is 10.2 Å². The number of carbonyl (C=O) groups excluding carboxylic acids is 1. The summed E-state index contributed by atoms with van der Waals surface area (Å²) in [5, 5.41) is 8.38. The standard InChI is InChI=1S/C14H18N2O3/c1-8-10-4-6-14(13(17)18-3)7-5-11(19-14)12(10)9(2)16-15-8/h11H,4-7H2,1-3H3/t11?,14-/m0/s1. The van der Waals surface area contributed by atoms with E-state index in [1.54, 1.807) is 0 Å². The molecule has 0 saturated carbocycles. The Morgan fingerprint density at radius 2 is 2.05 bits per heavy atom. The molecule has 5 nitrogen and oxygen atoms in total. The topological polar surface area (TPSA) is 61.3 Å². The van der Waals surface area contributed by atoms with Gasteiger partial charge in [0.25, 0.3) is 0 Å². The van der Waals surface area contributed by atoms with Gasteiger partial charge in [0.15, 0.2) is 5.60 Å². The first kappa shape index (κ1) is 12.5. The summed E-state index contributed by atoms with van der Waals surface area (Å²) in [7, 11) is 1.42. The Morgan fingerprint density at radius 1 is 1.32 bits per heavy atom. The van der Waals surface area contributed by atoms with Crippen LogP contribution in [-0.4, -0.2) is 28.9 Å². The molecule has 0 N–H and O–H groups in total. The van der Waals surface area contributed by atoms with E-state index >= 15 is 0 Å². The van der Waals surface area contributed by atoms with Crippen molar-refractivity contribution >= 4 is 5.97 Å². The van der Waals surface area contributed by atoms with Gasteiger partial charge in [0.2, 0.25) is 0 Å². The minimum Gasteiger partial charge on any atom is -0.467 e. The minimum atomic E-state index is -0.767. The van der Waals surface area contributed by atoms with Crippen LogP contribution in [0, 0.1) is 13.8 Å².